The van der Waals surface area contributed by atoms with E-state index in [1.165, 1.54) is 0 Å². The zero-order chi connectivity index (χ0) is 30.2. The molecule has 12 nitrogen and oxygen atoms in total. The molecule has 0 aliphatic heterocycles. The number of phenolic OH excluding ortho intramolecular Hbond substituents is 1. The molecule has 0 aromatic heterocycles. The number of phenols is 1. The van der Waals surface area contributed by atoms with Crippen molar-refractivity contribution in [3.63, 3.8) is 0 Å². The number of nitrogens with zero attached hydrogens (tertiary/aromatic N) is 1. The molecule has 41 heavy (non-hydrogen) atoms. The van der Waals surface area contributed by atoms with Crippen LogP contribution in [0, 0.1) is 23.7 Å². The Morgan fingerprint density at radius 1 is 1.12 bits per heavy atom. The van der Waals surface area contributed by atoms with Crippen LogP contribution in [-0.4, -0.2) is 78.1 Å². The summed E-state index contributed by atoms with van der Waals surface area (Å²) in [6.45, 7) is 2.08. The smallest absolute Gasteiger partial charge is 0.325 e. The Hall–Kier alpha value is -3.80. The minimum atomic E-state index is -2.71. The van der Waals surface area contributed by atoms with Crippen molar-refractivity contribution in [1.82, 2.24) is 0 Å². The number of ketones is 4. The Morgan fingerprint density at radius 2 is 1.83 bits per heavy atom. The summed E-state index contributed by atoms with van der Waals surface area (Å²) < 4.78 is 5.23. The number of aromatic hydroxyl groups is 1. The Kier molecular flexibility index (Phi) is 8.53. The van der Waals surface area contributed by atoms with Crippen molar-refractivity contribution in [2.75, 3.05) is 37.5 Å². The highest BCUT2D eigenvalue weighted by molar-refractivity contribution is 6.31. The molecule has 0 saturated heterocycles. The van der Waals surface area contributed by atoms with Gasteiger partial charge in [-0.15, -0.1) is 0 Å². The number of aliphatic hydroxyl groups is 1. The van der Waals surface area contributed by atoms with Gasteiger partial charge in [0.15, 0.2) is 34.7 Å². The van der Waals surface area contributed by atoms with Crippen molar-refractivity contribution in [1.29, 1.82) is 0 Å². The van der Waals surface area contributed by atoms with Crippen molar-refractivity contribution in [3.8, 4) is 5.75 Å². The summed E-state index contributed by atoms with van der Waals surface area (Å²) in [6.07, 6.45) is 3.56. The van der Waals surface area contributed by atoms with Gasteiger partial charge in [-0.3, -0.25) is 28.8 Å². The number of nitrogens with two attached hydrogens (primary N) is 1. The number of carbonyl (C=O) groups is 6. The summed E-state index contributed by atoms with van der Waals surface area (Å²) in [7, 11) is 3.48. The zero-order valence-corrected chi connectivity index (χ0v) is 23.5. The maximum atomic E-state index is 13.9. The molecule has 2 saturated carbocycles. The Balaban J connectivity index is 1.64. The minimum Gasteiger partial charge on any atom is -0.505 e. The lowest BCUT2D eigenvalue weighted by Gasteiger charge is -2.48. The molecule has 1 aromatic rings. The maximum Gasteiger partial charge on any atom is 0.325 e. The first-order valence-electron chi connectivity index (χ1n) is 14.0. The van der Waals surface area contributed by atoms with Crippen LogP contribution in [0.25, 0.3) is 0 Å². The molecule has 0 spiro atoms. The van der Waals surface area contributed by atoms with E-state index in [0.29, 0.717) is 11.3 Å². The molecule has 5 N–H and O–H groups in total. The lowest BCUT2D eigenvalue weighted by Crippen LogP contribution is -2.68. The van der Waals surface area contributed by atoms with E-state index >= 15 is 0 Å². The fourth-order valence-corrected chi connectivity index (χ4v) is 6.48. The highest BCUT2D eigenvalue weighted by Crippen LogP contribution is 2.52. The van der Waals surface area contributed by atoms with Gasteiger partial charge >= 0.3 is 5.97 Å². The number of primary amides is 1. The van der Waals surface area contributed by atoms with E-state index in [9.17, 15) is 39.0 Å². The van der Waals surface area contributed by atoms with Crippen LogP contribution in [0.2, 0.25) is 0 Å². The molecule has 3 aliphatic carbocycles. The molecule has 0 radical (unpaired) electrons. The molecule has 1 amide bonds. The maximum absolute atomic E-state index is 13.9. The first-order valence-corrected chi connectivity index (χ1v) is 14.0. The molecule has 5 atom stereocenters. The van der Waals surface area contributed by atoms with Gasteiger partial charge in [-0.1, -0.05) is 26.2 Å². The molecule has 222 valence electrons. The second kappa shape index (κ2) is 11.6. The lowest BCUT2D eigenvalue weighted by molar-refractivity contribution is -0.175. The summed E-state index contributed by atoms with van der Waals surface area (Å²) in [5, 5.41) is 25.3. The summed E-state index contributed by atoms with van der Waals surface area (Å²) in [5.41, 5.74) is 3.50. The summed E-state index contributed by atoms with van der Waals surface area (Å²) >= 11 is 0. The van der Waals surface area contributed by atoms with Crippen LogP contribution in [0.5, 0.6) is 5.75 Å². The average molecular weight is 572 g/mol. The van der Waals surface area contributed by atoms with Gasteiger partial charge in [0, 0.05) is 32.1 Å². The fourth-order valence-electron chi connectivity index (χ4n) is 6.48. The number of nitrogens with one attached hydrogen (secondary N) is 1. The van der Waals surface area contributed by atoms with Gasteiger partial charge in [0.2, 0.25) is 5.91 Å². The monoisotopic (exact) mass is 571 g/mol. The van der Waals surface area contributed by atoms with Crippen molar-refractivity contribution < 1.29 is 43.7 Å². The van der Waals surface area contributed by atoms with Gasteiger partial charge in [0.25, 0.3) is 0 Å². The third kappa shape index (κ3) is 5.20. The normalized spacial score (nSPS) is 27.0. The van der Waals surface area contributed by atoms with Crippen molar-refractivity contribution in [3.05, 3.63) is 17.2 Å². The second-order valence-electron chi connectivity index (χ2n) is 11.4. The standard InChI is InChI=1S/C29H37N3O9/c1-4-5-6-7-8-41-20(34)13-31-17-12-18(32(2)3)16-10-14-9-15-11-19(33)23(28(30)39)27(38)29(15,40)26(37)21(14)25(36)22(16)24(17)35/h12,14-15,21,23,31,35,40H,4-11,13H2,1-3H3,(H2,30,39)/t14-,15+,21?,23?,29+/m1/s1. The highest BCUT2D eigenvalue weighted by Gasteiger charge is 2.66. The molecular formula is C29H37N3O9. The summed E-state index contributed by atoms with van der Waals surface area (Å²) in [4.78, 5) is 79.0. The van der Waals surface area contributed by atoms with Crippen LogP contribution in [0.3, 0.4) is 0 Å². The Bertz CT molecular complexity index is 1310. The third-order valence-electron chi connectivity index (χ3n) is 8.54. The van der Waals surface area contributed by atoms with Crippen molar-refractivity contribution >= 4 is 46.4 Å². The van der Waals surface area contributed by atoms with Gasteiger partial charge in [0.05, 0.1) is 23.8 Å². The molecule has 12 heteroatoms. The van der Waals surface area contributed by atoms with E-state index < -0.39 is 76.5 Å². The van der Waals surface area contributed by atoms with Gasteiger partial charge in [-0.2, -0.15) is 0 Å². The fraction of sp³-hybridized carbons (Fsp3) is 0.586. The van der Waals surface area contributed by atoms with Crippen molar-refractivity contribution in [2.24, 2.45) is 29.4 Å². The van der Waals surface area contributed by atoms with Gasteiger partial charge < -0.3 is 30.9 Å². The topological polar surface area (TPSA) is 193 Å². The lowest BCUT2D eigenvalue weighted by atomic mass is 9.53. The molecule has 2 fully saturated rings. The van der Waals surface area contributed by atoms with Crippen LogP contribution in [0.4, 0.5) is 11.4 Å². The van der Waals surface area contributed by atoms with E-state index in [1.807, 2.05) is 0 Å². The number of anilines is 2. The number of esters is 1. The summed E-state index contributed by atoms with van der Waals surface area (Å²) in [6, 6.07) is 1.60. The minimum absolute atomic E-state index is 0.0127. The number of Topliss-reactive ketones (excluding diaryl/α,β-unsaturated/α-hetero) is 4. The number of unbranched alkanes of at least 4 members (excludes halogenated alkanes) is 3. The molecular weight excluding hydrogens is 534 g/mol. The van der Waals surface area contributed by atoms with Crippen LogP contribution in [0.15, 0.2) is 6.07 Å². The largest absolute Gasteiger partial charge is 0.505 e. The van der Waals surface area contributed by atoms with Gasteiger partial charge in [0.1, 0.15) is 12.3 Å². The van der Waals surface area contributed by atoms with E-state index in [2.05, 4.69) is 12.2 Å². The number of fused-ring (bicyclic) bond motifs is 3. The first kappa shape index (κ1) is 30.2. The quantitative estimate of drug-likeness (QED) is 0.135. The van der Waals surface area contributed by atoms with E-state index in [-0.39, 0.29) is 37.2 Å². The Labute approximate surface area is 237 Å². The number of hydrogen-bond acceptors (Lipinski definition) is 11. The molecule has 2 unspecified atom stereocenters. The van der Waals surface area contributed by atoms with Crippen molar-refractivity contribution in [2.45, 2.75) is 57.5 Å². The number of hydrogen-bond donors (Lipinski definition) is 4. The predicted octanol–water partition coefficient (Wildman–Crippen LogP) is 0.928. The van der Waals surface area contributed by atoms with E-state index in [4.69, 9.17) is 10.5 Å². The van der Waals surface area contributed by atoms with E-state index in [1.54, 1.807) is 25.1 Å². The number of rotatable bonds is 10. The number of benzene rings is 1. The zero-order valence-electron chi connectivity index (χ0n) is 23.5. The van der Waals surface area contributed by atoms with Gasteiger partial charge in [-0.05, 0) is 36.8 Å². The summed E-state index contributed by atoms with van der Waals surface area (Å²) in [5.74, 6) is -11.4. The molecule has 3 aliphatic rings. The third-order valence-corrected chi connectivity index (χ3v) is 8.54. The number of amides is 1. The average Bonchev–Trinajstić information content (AvgIpc) is 2.89. The molecule has 0 bridgehead atoms. The Morgan fingerprint density at radius 3 is 2.46 bits per heavy atom. The molecule has 1 aromatic carbocycles. The number of ether oxygens (including phenoxy) is 1. The van der Waals surface area contributed by atoms with E-state index in [0.717, 1.165) is 25.7 Å². The van der Waals surface area contributed by atoms with Crippen LogP contribution >= 0.6 is 0 Å². The second-order valence-corrected chi connectivity index (χ2v) is 11.4. The van der Waals surface area contributed by atoms with Crippen LogP contribution in [0.1, 0.15) is 61.4 Å². The molecule has 4 rings (SSSR count). The highest BCUT2D eigenvalue weighted by atomic mass is 16.5. The first-order chi connectivity index (χ1) is 19.3. The van der Waals surface area contributed by atoms with Crippen LogP contribution in [-0.2, 0) is 35.1 Å². The number of carbonyl (C=O) groups excluding carboxylic acids is 6. The SMILES string of the molecule is CCCCCCOC(=O)CNc1cc(N(C)C)c2c(c1O)C(=O)C1C(=O)[C@]3(O)C(=O)C(C(N)=O)C(=O)C[C@@H]3C[C@@H]1C2. The van der Waals surface area contributed by atoms with Gasteiger partial charge in [-0.25, -0.2) is 0 Å². The predicted molar refractivity (Wildman–Crippen MR) is 146 cm³/mol. The molecule has 0 heterocycles. The van der Waals surface area contributed by atoms with Crippen LogP contribution < -0.4 is 16.0 Å².